The Hall–Kier alpha value is -0.0400. The standard InChI is InChI=1S/C11H24O/c1-4-5-6-7-10(2)8-11(3)9-12/h10-12H,4-9H2,1-3H3. The fourth-order valence-corrected chi connectivity index (χ4v) is 1.62. The molecule has 0 aliphatic rings. The first-order valence-corrected chi connectivity index (χ1v) is 5.31. The highest BCUT2D eigenvalue weighted by Crippen LogP contribution is 2.17. The third kappa shape index (κ3) is 6.66. The second-order valence-corrected chi connectivity index (χ2v) is 4.12. The fourth-order valence-electron chi connectivity index (χ4n) is 1.62. The van der Waals surface area contributed by atoms with E-state index in [0.29, 0.717) is 12.5 Å². The van der Waals surface area contributed by atoms with Crippen molar-refractivity contribution in [1.29, 1.82) is 0 Å². The van der Waals surface area contributed by atoms with Gasteiger partial charge in [-0.2, -0.15) is 0 Å². The lowest BCUT2D eigenvalue weighted by Gasteiger charge is -2.14. The van der Waals surface area contributed by atoms with Crippen molar-refractivity contribution in [2.45, 2.75) is 52.9 Å². The van der Waals surface area contributed by atoms with Crippen molar-refractivity contribution in [2.75, 3.05) is 6.61 Å². The number of rotatable bonds is 7. The number of unbranched alkanes of at least 4 members (excludes halogenated alkanes) is 2. The predicted octanol–water partition coefficient (Wildman–Crippen LogP) is 3.22. The molecule has 2 atom stereocenters. The van der Waals surface area contributed by atoms with Crippen molar-refractivity contribution in [3.8, 4) is 0 Å². The highest BCUT2D eigenvalue weighted by molar-refractivity contribution is 4.58. The van der Waals surface area contributed by atoms with Crippen LogP contribution in [0.3, 0.4) is 0 Å². The van der Waals surface area contributed by atoms with Crippen molar-refractivity contribution >= 4 is 0 Å². The number of hydrogen-bond acceptors (Lipinski definition) is 1. The molecular weight excluding hydrogens is 148 g/mol. The normalized spacial score (nSPS) is 16.0. The van der Waals surface area contributed by atoms with Gasteiger partial charge in [0, 0.05) is 6.61 Å². The fraction of sp³-hybridized carbons (Fsp3) is 1.00. The third-order valence-corrected chi connectivity index (χ3v) is 2.42. The van der Waals surface area contributed by atoms with E-state index < -0.39 is 0 Å². The molecule has 0 saturated heterocycles. The lowest BCUT2D eigenvalue weighted by Crippen LogP contribution is -2.06. The SMILES string of the molecule is CCCCCC(C)CC(C)CO. The molecule has 12 heavy (non-hydrogen) atoms. The summed E-state index contributed by atoms with van der Waals surface area (Å²) >= 11 is 0. The molecule has 0 radical (unpaired) electrons. The van der Waals surface area contributed by atoms with Crippen LogP contribution in [0.4, 0.5) is 0 Å². The smallest absolute Gasteiger partial charge is 0.0456 e. The van der Waals surface area contributed by atoms with Crippen LogP contribution < -0.4 is 0 Å². The summed E-state index contributed by atoms with van der Waals surface area (Å²) in [5.74, 6) is 1.28. The Kier molecular flexibility index (Phi) is 7.58. The number of hydrogen-bond donors (Lipinski definition) is 1. The van der Waals surface area contributed by atoms with E-state index in [1.807, 2.05) is 0 Å². The molecule has 0 aromatic carbocycles. The summed E-state index contributed by atoms with van der Waals surface area (Å²) < 4.78 is 0. The molecule has 1 nitrogen and oxygen atoms in total. The molecule has 2 unspecified atom stereocenters. The van der Waals surface area contributed by atoms with Crippen molar-refractivity contribution in [3.05, 3.63) is 0 Å². The first-order valence-electron chi connectivity index (χ1n) is 5.31. The van der Waals surface area contributed by atoms with Crippen LogP contribution in [0.2, 0.25) is 0 Å². The Labute approximate surface area is 77.2 Å². The zero-order chi connectivity index (χ0) is 9.40. The van der Waals surface area contributed by atoms with Gasteiger partial charge in [-0.15, -0.1) is 0 Å². The van der Waals surface area contributed by atoms with E-state index in [2.05, 4.69) is 20.8 Å². The summed E-state index contributed by atoms with van der Waals surface area (Å²) in [5.41, 5.74) is 0. The highest BCUT2D eigenvalue weighted by atomic mass is 16.3. The molecule has 0 aromatic rings. The molecular formula is C11H24O. The quantitative estimate of drug-likeness (QED) is 0.585. The number of aliphatic hydroxyl groups is 1. The minimum absolute atomic E-state index is 0.345. The van der Waals surface area contributed by atoms with E-state index in [1.165, 1.54) is 32.1 Å². The van der Waals surface area contributed by atoms with Crippen molar-refractivity contribution in [3.63, 3.8) is 0 Å². The lowest BCUT2D eigenvalue weighted by molar-refractivity contribution is 0.212. The first-order chi connectivity index (χ1) is 5.70. The van der Waals surface area contributed by atoms with Crippen molar-refractivity contribution in [2.24, 2.45) is 11.8 Å². The third-order valence-electron chi connectivity index (χ3n) is 2.42. The summed E-state index contributed by atoms with van der Waals surface area (Å²) in [6.07, 6.45) is 6.54. The molecule has 74 valence electrons. The van der Waals surface area contributed by atoms with Crippen molar-refractivity contribution < 1.29 is 5.11 Å². The molecule has 0 rings (SSSR count). The average Bonchev–Trinajstić information content (AvgIpc) is 2.05. The van der Waals surface area contributed by atoms with Crippen LogP contribution in [0.1, 0.15) is 52.9 Å². The molecule has 0 aliphatic carbocycles. The van der Waals surface area contributed by atoms with E-state index in [-0.39, 0.29) is 0 Å². The zero-order valence-corrected chi connectivity index (χ0v) is 8.84. The second kappa shape index (κ2) is 7.60. The summed E-state index contributed by atoms with van der Waals surface area (Å²) in [4.78, 5) is 0. The minimum atomic E-state index is 0.345. The molecule has 1 heteroatoms. The molecule has 0 bridgehead atoms. The van der Waals surface area contributed by atoms with Gasteiger partial charge in [0.25, 0.3) is 0 Å². The first kappa shape index (κ1) is 12.0. The predicted molar refractivity (Wildman–Crippen MR) is 54.2 cm³/mol. The van der Waals surface area contributed by atoms with Gasteiger partial charge >= 0.3 is 0 Å². The lowest BCUT2D eigenvalue weighted by atomic mass is 9.93. The van der Waals surface area contributed by atoms with E-state index in [1.54, 1.807) is 0 Å². The van der Waals surface area contributed by atoms with E-state index >= 15 is 0 Å². The molecule has 0 spiro atoms. The molecule has 0 saturated carbocycles. The van der Waals surface area contributed by atoms with E-state index in [0.717, 1.165) is 5.92 Å². The maximum Gasteiger partial charge on any atom is 0.0456 e. The highest BCUT2D eigenvalue weighted by Gasteiger charge is 2.06. The van der Waals surface area contributed by atoms with Crippen LogP contribution in [0.5, 0.6) is 0 Å². The summed E-state index contributed by atoms with van der Waals surface area (Å²) in [5, 5.41) is 8.86. The molecule has 1 N–H and O–H groups in total. The van der Waals surface area contributed by atoms with E-state index in [9.17, 15) is 0 Å². The van der Waals surface area contributed by atoms with Gasteiger partial charge in [0.1, 0.15) is 0 Å². The van der Waals surface area contributed by atoms with Crippen LogP contribution in [0, 0.1) is 11.8 Å². The van der Waals surface area contributed by atoms with Crippen LogP contribution in [0.25, 0.3) is 0 Å². The summed E-state index contributed by atoms with van der Waals surface area (Å²) in [6, 6.07) is 0. The Balaban J connectivity index is 3.26. The van der Waals surface area contributed by atoms with Gasteiger partial charge in [-0.25, -0.2) is 0 Å². The van der Waals surface area contributed by atoms with Gasteiger partial charge < -0.3 is 5.11 Å². The van der Waals surface area contributed by atoms with Gasteiger partial charge in [-0.1, -0.05) is 46.5 Å². The van der Waals surface area contributed by atoms with Gasteiger partial charge in [0.05, 0.1) is 0 Å². The van der Waals surface area contributed by atoms with Gasteiger partial charge in [0.2, 0.25) is 0 Å². The second-order valence-electron chi connectivity index (χ2n) is 4.12. The minimum Gasteiger partial charge on any atom is -0.396 e. The maximum absolute atomic E-state index is 8.86. The average molecular weight is 172 g/mol. The Morgan fingerprint density at radius 2 is 1.75 bits per heavy atom. The maximum atomic E-state index is 8.86. The Bertz CT molecular complexity index is 91.0. The van der Waals surface area contributed by atoms with Crippen LogP contribution in [-0.2, 0) is 0 Å². The Morgan fingerprint density at radius 3 is 2.25 bits per heavy atom. The molecule has 0 amide bonds. The van der Waals surface area contributed by atoms with Crippen LogP contribution >= 0.6 is 0 Å². The van der Waals surface area contributed by atoms with Gasteiger partial charge in [0.15, 0.2) is 0 Å². The molecule has 0 aliphatic heterocycles. The topological polar surface area (TPSA) is 20.2 Å². The summed E-state index contributed by atoms with van der Waals surface area (Å²) in [7, 11) is 0. The van der Waals surface area contributed by atoms with Crippen molar-refractivity contribution in [1.82, 2.24) is 0 Å². The van der Waals surface area contributed by atoms with E-state index in [4.69, 9.17) is 5.11 Å². The van der Waals surface area contributed by atoms with Crippen LogP contribution in [0.15, 0.2) is 0 Å². The molecule has 0 heterocycles. The van der Waals surface area contributed by atoms with Gasteiger partial charge in [-0.05, 0) is 18.3 Å². The van der Waals surface area contributed by atoms with Gasteiger partial charge in [-0.3, -0.25) is 0 Å². The molecule has 0 aromatic heterocycles. The number of aliphatic hydroxyl groups excluding tert-OH is 1. The van der Waals surface area contributed by atoms with Crippen LogP contribution in [-0.4, -0.2) is 11.7 Å². The Morgan fingerprint density at radius 1 is 1.08 bits per heavy atom. The monoisotopic (exact) mass is 172 g/mol. The summed E-state index contributed by atoms with van der Waals surface area (Å²) in [6.45, 7) is 7.00. The largest absolute Gasteiger partial charge is 0.396 e. The zero-order valence-electron chi connectivity index (χ0n) is 8.84. The molecule has 0 fully saturated rings.